The van der Waals surface area contributed by atoms with Crippen LogP contribution in [0.15, 0.2) is 11.6 Å². The summed E-state index contributed by atoms with van der Waals surface area (Å²) in [7, 11) is -2.86. The SMILES string of the molecule is CC(C)=C[C@@H]1[C@@H](C(=O)NC[C@@H]2CCS(=O)(=O)C2)C1(C)C. The topological polar surface area (TPSA) is 63.2 Å². The Balaban J connectivity index is 1.86. The molecule has 0 aromatic carbocycles. The van der Waals surface area contributed by atoms with Crippen molar-refractivity contribution in [3.8, 4) is 0 Å². The van der Waals surface area contributed by atoms with Crippen LogP contribution in [0.3, 0.4) is 0 Å². The number of hydrogen-bond donors (Lipinski definition) is 1. The molecule has 1 amide bonds. The minimum absolute atomic E-state index is 0.0170. The van der Waals surface area contributed by atoms with Crippen molar-refractivity contribution in [2.75, 3.05) is 18.1 Å². The van der Waals surface area contributed by atoms with Crippen LogP contribution in [-0.2, 0) is 14.6 Å². The van der Waals surface area contributed by atoms with Gasteiger partial charge in [0, 0.05) is 6.54 Å². The fourth-order valence-electron chi connectivity index (χ4n) is 3.24. The van der Waals surface area contributed by atoms with Crippen LogP contribution in [0.2, 0.25) is 0 Å². The normalized spacial score (nSPS) is 33.5. The van der Waals surface area contributed by atoms with Gasteiger partial charge >= 0.3 is 0 Å². The first-order valence-corrected chi connectivity index (χ1v) is 9.09. The molecular formula is C15H25NO3S. The highest BCUT2D eigenvalue weighted by Gasteiger charge is 2.60. The van der Waals surface area contributed by atoms with E-state index in [2.05, 4.69) is 25.2 Å². The first kappa shape index (κ1) is 15.5. The largest absolute Gasteiger partial charge is 0.356 e. The Hall–Kier alpha value is -0.840. The third kappa shape index (κ3) is 3.25. The van der Waals surface area contributed by atoms with Crippen molar-refractivity contribution in [1.29, 1.82) is 0 Å². The smallest absolute Gasteiger partial charge is 0.224 e. The zero-order valence-electron chi connectivity index (χ0n) is 12.8. The van der Waals surface area contributed by atoms with Gasteiger partial charge in [-0.3, -0.25) is 4.79 Å². The molecule has 0 aromatic heterocycles. The first-order chi connectivity index (χ1) is 9.13. The van der Waals surface area contributed by atoms with Gasteiger partial charge in [-0.15, -0.1) is 0 Å². The van der Waals surface area contributed by atoms with Crippen LogP contribution in [0.5, 0.6) is 0 Å². The molecule has 1 aliphatic heterocycles. The van der Waals surface area contributed by atoms with E-state index in [1.165, 1.54) is 5.57 Å². The first-order valence-electron chi connectivity index (χ1n) is 7.26. The van der Waals surface area contributed by atoms with Crippen molar-refractivity contribution in [3.63, 3.8) is 0 Å². The second kappa shape index (κ2) is 5.17. The zero-order chi connectivity index (χ0) is 15.1. The molecule has 0 unspecified atom stereocenters. The number of amides is 1. The van der Waals surface area contributed by atoms with Crippen LogP contribution in [0.4, 0.5) is 0 Å². The fraction of sp³-hybridized carbons (Fsp3) is 0.800. The molecule has 2 aliphatic rings. The Morgan fingerprint density at radius 1 is 1.35 bits per heavy atom. The van der Waals surface area contributed by atoms with Gasteiger partial charge in [0.2, 0.25) is 5.91 Å². The molecule has 0 spiro atoms. The summed E-state index contributed by atoms with van der Waals surface area (Å²) in [5.41, 5.74) is 1.25. The summed E-state index contributed by atoms with van der Waals surface area (Å²) in [6.07, 6.45) is 2.85. The Bertz CT molecular complexity index is 529. The lowest BCUT2D eigenvalue weighted by Gasteiger charge is -2.10. The highest BCUT2D eigenvalue weighted by atomic mass is 32.2. The lowest BCUT2D eigenvalue weighted by atomic mass is 10.1. The van der Waals surface area contributed by atoms with Gasteiger partial charge < -0.3 is 5.32 Å². The highest BCUT2D eigenvalue weighted by molar-refractivity contribution is 7.91. The average molecular weight is 299 g/mol. The maximum absolute atomic E-state index is 12.2. The Kier molecular flexibility index (Phi) is 4.02. The van der Waals surface area contributed by atoms with Crippen molar-refractivity contribution in [3.05, 3.63) is 11.6 Å². The van der Waals surface area contributed by atoms with Crippen LogP contribution >= 0.6 is 0 Å². The summed E-state index contributed by atoms with van der Waals surface area (Å²) in [6.45, 7) is 8.81. The molecule has 2 fully saturated rings. The van der Waals surface area contributed by atoms with Gasteiger partial charge in [-0.1, -0.05) is 25.5 Å². The maximum Gasteiger partial charge on any atom is 0.224 e. The van der Waals surface area contributed by atoms with E-state index in [0.717, 1.165) is 0 Å². The van der Waals surface area contributed by atoms with E-state index in [1.54, 1.807) is 0 Å². The van der Waals surface area contributed by atoms with Crippen molar-refractivity contribution in [1.82, 2.24) is 5.32 Å². The van der Waals surface area contributed by atoms with Gasteiger partial charge in [0.15, 0.2) is 9.84 Å². The maximum atomic E-state index is 12.2. The predicted molar refractivity (Wildman–Crippen MR) is 80.0 cm³/mol. The van der Waals surface area contributed by atoms with Crippen LogP contribution in [0, 0.1) is 23.2 Å². The Morgan fingerprint density at radius 3 is 2.50 bits per heavy atom. The number of rotatable bonds is 4. The van der Waals surface area contributed by atoms with Gasteiger partial charge in [-0.25, -0.2) is 8.42 Å². The summed E-state index contributed by atoms with van der Waals surface area (Å²) in [6, 6.07) is 0. The number of carbonyl (C=O) groups is 1. The molecule has 4 nitrogen and oxygen atoms in total. The van der Waals surface area contributed by atoms with Crippen LogP contribution in [0.25, 0.3) is 0 Å². The third-order valence-electron chi connectivity index (χ3n) is 4.60. The van der Waals surface area contributed by atoms with Gasteiger partial charge in [0.05, 0.1) is 17.4 Å². The summed E-state index contributed by atoms with van der Waals surface area (Å²) in [5.74, 6) is 0.978. The monoisotopic (exact) mass is 299 g/mol. The molecule has 1 aliphatic carbocycles. The summed E-state index contributed by atoms with van der Waals surface area (Å²) in [5, 5.41) is 2.95. The molecule has 1 saturated carbocycles. The standard InChI is InChI=1S/C15H25NO3S/c1-10(2)7-12-13(15(12,3)4)14(17)16-8-11-5-6-20(18,19)9-11/h7,11-13H,5-6,8-9H2,1-4H3,(H,16,17)/t11-,12+,13-/m0/s1. The van der Waals surface area contributed by atoms with Crippen molar-refractivity contribution in [2.45, 2.75) is 34.1 Å². The van der Waals surface area contributed by atoms with Crippen molar-refractivity contribution >= 4 is 15.7 Å². The van der Waals surface area contributed by atoms with Crippen LogP contribution in [-0.4, -0.2) is 32.4 Å². The Morgan fingerprint density at radius 2 is 2.00 bits per heavy atom. The molecule has 20 heavy (non-hydrogen) atoms. The fourth-order valence-corrected chi connectivity index (χ4v) is 5.10. The Labute approximate surface area is 121 Å². The number of hydrogen-bond acceptors (Lipinski definition) is 3. The molecule has 1 heterocycles. The van der Waals surface area contributed by atoms with E-state index in [-0.39, 0.29) is 34.7 Å². The third-order valence-corrected chi connectivity index (χ3v) is 6.43. The molecule has 3 atom stereocenters. The lowest BCUT2D eigenvalue weighted by Crippen LogP contribution is -2.32. The molecule has 0 radical (unpaired) electrons. The second-order valence-corrected chi connectivity index (χ2v) is 9.31. The van der Waals surface area contributed by atoms with Crippen molar-refractivity contribution < 1.29 is 13.2 Å². The summed E-state index contributed by atoms with van der Waals surface area (Å²) >= 11 is 0. The minimum atomic E-state index is -2.86. The molecule has 5 heteroatoms. The molecule has 2 rings (SSSR count). The lowest BCUT2D eigenvalue weighted by molar-refractivity contribution is -0.123. The van der Waals surface area contributed by atoms with Crippen molar-refractivity contribution in [2.24, 2.45) is 23.2 Å². The van der Waals surface area contributed by atoms with E-state index in [0.29, 0.717) is 18.9 Å². The van der Waals surface area contributed by atoms with E-state index < -0.39 is 9.84 Å². The predicted octanol–water partition coefficient (Wildman–Crippen LogP) is 1.78. The van der Waals surface area contributed by atoms with Gasteiger partial charge in [-0.2, -0.15) is 0 Å². The van der Waals surface area contributed by atoms with Crippen LogP contribution in [0.1, 0.15) is 34.1 Å². The zero-order valence-corrected chi connectivity index (χ0v) is 13.6. The quantitative estimate of drug-likeness (QED) is 0.805. The van der Waals surface area contributed by atoms with Gasteiger partial charge in [-0.05, 0) is 37.5 Å². The number of carbonyl (C=O) groups excluding carboxylic acids is 1. The number of sulfone groups is 1. The van der Waals surface area contributed by atoms with E-state index in [1.807, 2.05) is 13.8 Å². The molecule has 0 bridgehead atoms. The second-order valence-electron chi connectivity index (χ2n) is 7.08. The van der Waals surface area contributed by atoms with E-state index >= 15 is 0 Å². The van der Waals surface area contributed by atoms with Gasteiger partial charge in [0.25, 0.3) is 0 Å². The highest BCUT2D eigenvalue weighted by Crippen LogP contribution is 2.59. The molecule has 1 N–H and O–H groups in total. The van der Waals surface area contributed by atoms with Gasteiger partial charge in [0.1, 0.15) is 0 Å². The summed E-state index contributed by atoms with van der Waals surface area (Å²) in [4.78, 5) is 12.2. The molecule has 1 saturated heterocycles. The van der Waals surface area contributed by atoms with Crippen LogP contribution < -0.4 is 5.32 Å². The summed E-state index contributed by atoms with van der Waals surface area (Å²) < 4.78 is 22.8. The molecular weight excluding hydrogens is 274 g/mol. The molecule has 0 aromatic rings. The van der Waals surface area contributed by atoms with E-state index in [9.17, 15) is 13.2 Å². The minimum Gasteiger partial charge on any atom is -0.356 e. The average Bonchev–Trinajstić information content (AvgIpc) is 2.65. The number of nitrogens with one attached hydrogen (secondary N) is 1. The number of allylic oxidation sites excluding steroid dienone is 2. The van der Waals surface area contributed by atoms with E-state index in [4.69, 9.17) is 0 Å². The molecule has 114 valence electrons.